The first-order valence-corrected chi connectivity index (χ1v) is 6.35. The Labute approximate surface area is 106 Å². The van der Waals surface area contributed by atoms with Crippen LogP contribution in [0.1, 0.15) is 32.6 Å². The van der Waals surface area contributed by atoms with E-state index < -0.39 is 0 Å². The molecule has 0 radical (unpaired) electrons. The van der Waals surface area contributed by atoms with Gasteiger partial charge in [-0.25, -0.2) is 0 Å². The first-order valence-electron chi connectivity index (χ1n) is 6.35. The van der Waals surface area contributed by atoms with Crippen LogP contribution in [0.2, 0.25) is 0 Å². The third-order valence-electron chi connectivity index (χ3n) is 2.15. The molecule has 0 aromatic heterocycles. The van der Waals surface area contributed by atoms with Crippen molar-refractivity contribution in [3.05, 3.63) is 0 Å². The highest BCUT2D eigenvalue weighted by Gasteiger charge is 1.91. The molecule has 0 aliphatic carbocycles. The Balaban J connectivity index is 0. The van der Waals surface area contributed by atoms with Crippen LogP contribution in [0.5, 0.6) is 0 Å². The molecule has 0 spiro atoms. The molecule has 0 amide bonds. The predicted molar refractivity (Wildman–Crippen MR) is 70.7 cm³/mol. The summed E-state index contributed by atoms with van der Waals surface area (Å²) in [6.45, 7) is 6.82. The minimum absolute atomic E-state index is 0. The molecular formula is C12H30N2O3. The van der Waals surface area contributed by atoms with E-state index in [1.807, 2.05) is 0 Å². The molecule has 0 saturated carbocycles. The summed E-state index contributed by atoms with van der Waals surface area (Å²) in [6.07, 6.45) is 5.00. The van der Waals surface area contributed by atoms with Crippen molar-refractivity contribution in [3.63, 3.8) is 0 Å². The van der Waals surface area contributed by atoms with E-state index in [9.17, 15) is 0 Å². The largest absolute Gasteiger partial charge is 0.379 e. The molecule has 0 atom stereocenters. The van der Waals surface area contributed by atoms with Gasteiger partial charge >= 0.3 is 0 Å². The molecule has 5 N–H and O–H groups in total. The second-order valence-electron chi connectivity index (χ2n) is 3.69. The van der Waals surface area contributed by atoms with Crippen LogP contribution in [0.4, 0.5) is 0 Å². The zero-order chi connectivity index (χ0) is 11.9. The fourth-order valence-electron chi connectivity index (χ4n) is 1.26. The van der Waals surface area contributed by atoms with Crippen molar-refractivity contribution in [2.75, 3.05) is 46.2 Å². The Morgan fingerprint density at radius 3 is 1.76 bits per heavy atom. The maximum atomic E-state index is 5.42. The standard InChI is InChI=1S/C12H27NO3.H3N/c1-2-3-4-5-7-14-9-11-16-12-10-15-8-6-13;/h2-13H2,1H3;1H3. The highest BCUT2D eigenvalue weighted by atomic mass is 16.5. The van der Waals surface area contributed by atoms with Gasteiger partial charge in [-0.15, -0.1) is 0 Å². The first kappa shape index (κ1) is 19.1. The van der Waals surface area contributed by atoms with Crippen LogP contribution < -0.4 is 11.9 Å². The first-order chi connectivity index (χ1) is 7.91. The van der Waals surface area contributed by atoms with Crippen LogP contribution in [-0.4, -0.2) is 46.2 Å². The molecule has 0 aliphatic rings. The average molecular weight is 250 g/mol. The van der Waals surface area contributed by atoms with Crippen LogP contribution >= 0.6 is 0 Å². The zero-order valence-electron chi connectivity index (χ0n) is 11.3. The van der Waals surface area contributed by atoms with Gasteiger partial charge in [0.05, 0.1) is 33.0 Å². The van der Waals surface area contributed by atoms with Gasteiger partial charge in [0.25, 0.3) is 0 Å². The molecular weight excluding hydrogens is 220 g/mol. The van der Waals surface area contributed by atoms with E-state index in [1.165, 1.54) is 19.3 Å². The topological polar surface area (TPSA) is 88.7 Å². The average Bonchev–Trinajstić information content (AvgIpc) is 2.31. The van der Waals surface area contributed by atoms with E-state index in [0.717, 1.165) is 13.0 Å². The Morgan fingerprint density at radius 2 is 1.24 bits per heavy atom. The summed E-state index contributed by atoms with van der Waals surface area (Å²) in [4.78, 5) is 0. The molecule has 5 nitrogen and oxygen atoms in total. The number of hydrogen-bond donors (Lipinski definition) is 2. The van der Waals surface area contributed by atoms with Crippen molar-refractivity contribution in [1.82, 2.24) is 6.15 Å². The van der Waals surface area contributed by atoms with E-state index in [1.54, 1.807) is 0 Å². The van der Waals surface area contributed by atoms with Crippen molar-refractivity contribution in [3.8, 4) is 0 Å². The van der Waals surface area contributed by atoms with Gasteiger partial charge in [0.2, 0.25) is 0 Å². The van der Waals surface area contributed by atoms with Crippen molar-refractivity contribution in [2.45, 2.75) is 32.6 Å². The third kappa shape index (κ3) is 18.4. The van der Waals surface area contributed by atoms with E-state index >= 15 is 0 Å². The van der Waals surface area contributed by atoms with Crippen molar-refractivity contribution in [1.29, 1.82) is 0 Å². The Bertz CT molecular complexity index is 112. The maximum absolute atomic E-state index is 5.42. The molecule has 0 aromatic carbocycles. The summed E-state index contributed by atoms with van der Waals surface area (Å²) in [7, 11) is 0. The molecule has 0 fully saturated rings. The summed E-state index contributed by atoms with van der Waals surface area (Å²) in [5.41, 5.74) is 5.27. The molecule has 0 unspecified atom stereocenters. The van der Waals surface area contributed by atoms with E-state index in [0.29, 0.717) is 39.6 Å². The fourth-order valence-corrected chi connectivity index (χ4v) is 1.26. The van der Waals surface area contributed by atoms with Crippen LogP contribution in [0, 0.1) is 0 Å². The lowest BCUT2D eigenvalue weighted by atomic mass is 10.2. The van der Waals surface area contributed by atoms with Crippen LogP contribution in [0.25, 0.3) is 0 Å². The monoisotopic (exact) mass is 250 g/mol. The Hall–Kier alpha value is -0.200. The van der Waals surface area contributed by atoms with Gasteiger partial charge in [-0.05, 0) is 6.42 Å². The second-order valence-corrected chi connectivity index (χ2v) is 3.69. The normalized spacial score (nSPS) is 10.2. The number of hydrogen-bond acceptors (Lipinski definition) is 5. The summed E-state index contributed by atoms with van der Waals surface area (Å²) in [5.74, 6) is 0. The molecule has 0 rings (SSSR count). The molecule has 0 saturated heterocycles. The zero-order valence-corrected chi connectivity index (χ0v) is 11.3. The highest BCUT2D eigenvalue weighted by molar-refractivity contribution is 4.40. The SMILES string of the molecule is CCCCCCOCCOCCOCCN.N. The van der Waals surface area contributed by atoms with E-state index in [4.69, 9.17) is 19.9 Å². The molecule has 0 aromatic rings. The van der Waals surface area contributed by atoms with Gasteiger partial charge in [0.15, 0.2) is 0 Å². The number of nitrogens with two attached hydrogens (primary N) is 1. The lowest BCUT2D eigenvalue weighted by molar-refractivity contribution is 0.0153. The molecule has 0 aliphatic heterocycles. The van der Waals surface area contributed by atoms with Gasteiger partial charge in [-0.1, -0.05) is 26.2 Å². The summed E-state index contributed by atoms with van der Waals surface area (Å²) in [6, 6.07) is 0. The molecule has 17 heavy (non-hydrogen) atoms. The maximum Gasteiger partial charge on any atom is 0.0701 e. The van der Waals surface area contributed by atoms with Gasteiger partial charge < -0.3 is 26.1 Å². The van der Waals surface area contributed by atoms with Crippen molar-refractivity contribution in [2.24, 2.45) is 5.73 Å². The summed E-state index contributed by atoms with van der Waals surface area (Å²) >= 11 is 0. The smallest absolute Gasteiger partial charge is 0.0701 e. The lowest BCUT2D eigenvalue weighted by Crippen LogP contribution is -2.13. The predicted octanol–water partition coefficient (Wildman–Crippen LogP) is 1.74. The molecule has 5 heteroatoms. The van der Waals surface area contributed by atoms with Crippen LogP contribution in [-0.2, 0) is 14.2 Å². The number of unbranched alkanes of at least 4 members (excludes halogenated alkanes) is 3. The van der Waals surface area contributed by atoms with E-state index in [-0.39, 0.29) is 6.15 Å². The Morgan fingerprint density at radius 1 is 0.706 bits per heavy atom. The number of rotatable bonds is 13. The minimum atomic E-state index is 0. The van der Waals surface area contributed by atoms with Gasteiger partial charge in [-0.2, -0.15) is 0 Å². The van der Waals surface area contributed by atoms with Crippen LogP contribution in [0.15, 0.2) is 0 Å². The van der Waals surface area contributed by atoms with Crippen molar-refractivity contribution >= 4 is 0 Å². The van der Waals surface area contributed by atoms with Crippen LogP contribution in [0.3, 0.4) is 0 Å². The molecule has 106 valence electrons. The quantitative estimate of drug-likeness (QED) is 0.486. The summed E-state index contributed by atoms with van der Waals surface area (Å²) < 4.78 is 15.9. The van der Waals surface area contributed by atoms with E-state index in [2.05, 4.69) is 6.92 Å². The fraction of sp³-hybridized carbons (Fsp3) is 1.00. The van der Waals surface area contributed by atoms with Gasteiger partial charge in [-0.3, -0.25) is 0 Å². The lowest BCUT2D eigenvalue weighted by Gasteiger charge is -2.06. The number of ether oxygens (including phenoxy) is 3. The molecule has 0 bridgehead atoms. The highest BCUT2D eigenvalue weighted by Crippen LogP contribution is 1.98. The van der Waals surface area contributed by atoms with Gasteiger partial charge in [0.1, 0.15) is 0 Å². The summed E-state index contributed by atoms with van der Waals surface area (Å²) in [5, 5.41) is 0. The van der Waals surface area contributed by atoms with Gasteiger partial charge in [0, 0.05) is 13.2 Å². The molecule has 0 heterocycles. The van der Waals surface area contributed by atoms with Crippen molar-refractivity contribution < 1.29 is 14.2 Å². The Kier molecular flexibility index (Phi) is 20.5. The third-order valence-corrected chi connectivity index (χ3v) is 2.15. The second kappa shape index (κ2) is 18.2. The minimum Gasteiger partial charge on any atom is -0.379 e.